The molecule has 0 saturated carbocycles. The van der Waals surface area contributed by atoms with Crippen molar-refractivity contribution in [1.82, 2.24) is 0 Å². The molecule has 0 aromatic heterocycles. The van der Waals surface area contributed by atoms with Crippen LogP contribution in [0.2, 0.25) is 0 Å². The Morgan fingerprint density at radius 3 is 1.14 bits per heavy atom. The molecule has 0 spiro atoms. The lowest BCUT2D eigenvalue weighted by Gasteiger charge is -2.36. The summed E-state index contributed by atoms with van der Waals surface area (Å²) in [4.78, 5) is 0. The molecule has 0 bridgehead atoms. The van der Waals surface area contributed by atoms with E-state index in [4.69, 9.17) is 18.9 Å². The number of fused-ring (bicyclic) bond motifs is 8. The summed E-state index contributed by atoms with van der Waals surface area (Å²) in [6.07, 6.45) is 0. The highest BCUT2D eigenvalue weighted by Gasteiger charge is 2.44. The van der Waals surface area contributed by atoms with Crippen molar-refractivity contribution in [3.63, 3.8) is 0 Å². The molecule has 0 saturated heterocycles. The van der Waals surface area contributed by atoms with Gasteiger partial charge in [-0.2, -0.15) is 0 Å². The van der Waals surface area contributed by atoms with Gasteiger partial charge in [-0.15, -0.1) is 0 Å². The van der Waals surface area contributed by atoms with Gasteiger partial charge >= 0.3 is 0 Å². The van der Waals surface area contributed by atoms with Crippen LogP contribution < -0.4 is 51.7 Å². The van der Waals surface area contributed by atoms with Gasteiger partial charge in [0.2, 0.25) is 0 Å². The molecule has 0 radical (unpaired) electrons. The van der Waals surface area contributed by atoms with Crippen LogP contribution in [0.4, 0.5) is 0 Å². The average Bonchev–Trinajstić information content (AvgIpc) is 2.92. The maximum Gasteiger partial charge on any atom is 0.260 e. The van der Waals surface area contributed by atoms with Crippen LogP contribution in [0, 0.1) is 0 Å². The second kappa shape index (κ2) is 6.55. The first kappa shape index (κ1) is 18.7. The third-order valence-electron chi connectivity index (χ3n) is 7.73. The van der Waals surface area contributed by atoms with E-state index in [0.29, 0.717) is 0 Å². The van der Waals surface area contributed by atoms with Gasteiger partial charge in [-0.25, -0.2) is 0 Å². The SMILES string of the molecule is c1ccc2c(c1)Oc1cccc3c1B2c1cc2c(cc1O3)B1c3ccccc3Oc3cccc(c31)O2. The van der Waals surface area contributed by atoms with E-state index in [1.807, 2.05) is 60.7 Å². The Balaban J connectivity index is 1.31. The number of rotatable bonds is 0. The van der Waals surface area contributed by atoms with E-state index in [1.54, 1.807) is 0 Å². The van der Waals surface area contributed by atoms with Crippen LogP contribution in [0.3, 0.4) is 0 Å². The smallest absolute Gasteiger partial charge is 0.260 e. The van der Waals surface area contributed by atoms with Crippen molar-refractivity contribution in [3.8, 4) is 46.0 Å². The number of benzene rings is 5. The third kappa shape index (κ3) is 2.31. The second-order valence-corrected chi connectivity index (χ2v) is 9.61. The van der Waals surface area contributed by atoms with Crippen molar-refractivity contribution in [3.05, 3.63) is 97.1 Å². The third-order valence-corrected chi connectivity index (χ3v) is 7.73. The van der Waals surface area contributed by atoms with Crippen molar-refractivity contribution < 1.29 is 18.9 Å². The lowest BCUT2D eigenvalue weighted by molar-refractivity contribution is 0.457. The van der Waals surface area contributed by atoms with E-state index < -0.39 is 0 Å². The van der Waals surface area contributed by atoms with Crippen LogP contribution in [0.5, 0.6) is 46.0 Å². The lowest BCUT2D eigenvalue weighted by atomic mass is 9.32. The first-order chi connectivity index (χ1) is 17.8. The highest BCUT2D eigenvalue weighted by molar-refractivity contribution is 7.00. The molecule has 4 heterocycles. The minimum atomic E-state index is 0.00788. The summed E-state index contributed by atoms with van der Waals surface area (Å²) in [5.41, 5.74) is 6.58. The summed E-state index contributed by atoms with van der Waals surface area (Å²) < 4.78 is 25.6. The Labute approximate surface area is 208 Å². The fourth-order valence-electron chi connectivity index (χ4n) is 6.25. The van der Waals surface area contributed by atoms with E-state index in [9.17, 15) is 0 Å². The molecular formula is C30H16B2O4. The van der Waals surface area contributed by atoms with Crippen molar-refractivity contribution in [1.29, 1.82) is 0 Å². The Morgan fingerprint density at radius 1 is 0.333 bits per heavy atom. The zero-order chi connectivity index (χ0) is 23.4. The topological polar surface area (TPSA) is 36.9 Å². The summed E-state index contributed by atoms with van der Waals surface area (Å²) in [7, 11) is 0. The van der Waals surface area contributed by atoms with E-state index in [-0.39, 0.29) is 13.4 Å². The Kier molecular flexibility index (Phi) is 3.41. The maximum absolute atomic E-state index is 6.56. The summed E-state index contributed by atoms with van der Waals surface area (Å²) in [5, 5.41) is 0. The van der Waals surface area contributed by atoms with Crippen molar-refractivity contribution in [2.45, 2.75) is 0 Å². The molecule has 4 aliphatic heterocycles. The fraction of sp³-hybridized carbons (Fsp3) is 0. The summed E-state index contributed by atoms with van der Waals surface area (Å²) in [5.74, 6) is 6.83. The number of para-hydroxylation sites is 2. The molecule has 4 aliphatic rings. The van der Waals surface area contributed by atoms with Gasteiger partial charge in [0.1, 0.15) is 46.0 Å². The molecule has 5 aromatic rings. The number of hydrogen-bond acceptors (Lipinski definition) is 4. The summed E-state index contributed by atoms with van der Waals surface area (Å²) in [6, 6.07) is 32.9. The van der Waals surface area contributed by atoms with Gasteiger partial charge in [0.25, 0.3) is 13.4 Å². The average molecular weight is 462 g/mol. The largest absolute Gasteiger partial charge is 0.458 e. The Hall–Kier alpha value is -4.57. The molecule has 0 N–H and O–H groups in total. The van der Waals surface area contributed by atoms with Gasteiger partial charge in [-0.1, -0.05) is 48.5 Å². The lowest BCUT2D eigenvalue weighted by Crippen LogP contribution is -2.60. The normalized spacial score (nSPS) is 14.3. The first-order valence-electron chi connectivity index (χ1n) is 12.2. The summed E-state index contributed by atoms with van der Waals surface area (Å²) >= 11 is 0. The van der Waals surface area contributed by atoms with Crippen LogP contribution in [-0.4, -0.2) is 13.4 Å². The van der Waals surface area contributed by atoms with Gasteiger partial charge < -0.3 is 18.9 Å². The second-order valence-electron chi connectivity index (χ2n) is 9.61. The molecule has 36 heavy (non-hydrogen) atoms. The number of ether oxygens (including phenoxy) is 4. The molecule has 0 aliphatic carbocycles. The fourth-order valence-corrected chi connectivity index (χ4v) is 6.25. The van der Waals surface area contributed by atoms with Crippen molar-refractivity contribution in [2.75, 3.05) is 0 Å². The minimum absolute atomic E-state index is 0.00788. The van der Waals surface area contributed by atoms with Gasteiger partial charge in [-0.3, -0.25) is 0 Å². The predicted octanol–water partition coefficient (Wildman–Crippen LogP) is 3.14. The van der Waals surface area contributed by atoms with E-state index in [1.165, 1.54) is 0 Å². The predicted molar refractivity (Wildman–Crippen MR) is 142 cm³/mol. The van der Waals surface area contributed by atoms with E-state index >= 15 is 0 Å². The molecule has 166 valence electrons. The molecule has 0 amide bonds. The van der Waals surface area contributed by atoms with Crippen molar-refractivity contribution >= 4 is 46.2 Å². The van der Waals surface area contributed by atoms with Gasteiger partial charge in [-0.05, 0) is 70.4 Å². The van der Waals surface area contributed by atoms with Gasteiger partial charge in [0, 0.05) is 10.9 Å². The van der Waals surface area contributed by atoms with E-state index in [0.717, 1.165) is 78.8 Å². The molecule has 6 heteroatoms. The molecule has 4 nitrogen and oxygen atoms in total. The van der Waals surface area contributed by atoms with Crippen LogP contribution >= 0.6 is 0 Å². The van der Waals surface area contributed by atoms with E-state index in [2.05, 4.69) is 36.4 Å². The number of hydrogen-bond donors (Lipinski definition) is 0. The van der Waals surface area contributed by atoms with Gasteiger partial charge in [0.15, 0.2) is 0 Å². The molecule has 0 fully saturated rings. The first-order valence-corrected chi connectivity index (χ1v) is 12.2. The monoisotopic (exact) mass is 462 g/mol. The molecule has 9 rings (SSSR count). The maximum atomic E-state index is 6.56. The van der Waals surface area contributed by atoms with Gasteiger partial charge in [0.05, 0.1) is 0 Å². The Bertz CT molecular complexity index is 1650. The van der Waals surface area contributed by atoms with Crippen LogP contribution in [0.15, 0.2) is 97.1 Å². The van der Waals surface area contributed by atoms with Crippen LogP contribution in [0.1, 0.15) is 0 Å². The highest BCUT2D eigenvalue weighted by Crippen LogP contribution is 2.38. The summed E-state index contributed by atoms with van der Waals surface area (Å²) in [6.45, 7) is 0.0158. The standard InChI is InChI=1S/C30H16B2O4/c1-3-9-21-17(7-1)31-19-15-28-20(16-27(19)35-25-13-5-11-23(33-21)29(25)31)32-18-8-2-4-10-22(18)34-24-12-6-14-26(36-28)30(24)32/h1-16H. The Morgan fingerprint density at radius 2 is 0.694 bits per heavy atom. The van der Waals surface area contributed by atoms with Crippen molar-refractivity contribution in [2.24, 2.45) is 0 Å². The molecule has 5 aromatic carbocycles. The molecule has 0 unspecified atom stereocenters. The van der Waals surface area contributed by atoms with Crippen LogP contribution in [-0.2, 0) is 0 Å². The quantitative estimate of drug-likeness (QED) is 0.325. The highest BCUT2D eigenvalue weighted by atomic mass is 16.5. The molecular weight excluding hydrogens is 446 g/mol. The zero-order valence-electron chi connectivity index (χ0n) is 19.0. The zero-order valence-corrected chi connectivity index (χ0v) is 19.0. The molecule has 0 atom stereocenters. The minimum Gasteiger partial charge on any atom is -0.458 e. The van der Waals surface area contributed by atoms with Crippen LogP contribution in [0.25, 0.3) is 0 Å².